The van der Waals surface area contributed by atoms with Gasteiger partial charge in [0.05, 0.1) is 24.2 Å². The van der Waals surface area contributed by atoms with Crippen LogP contribution in [-0.2, 0) is 4.74 Å². The maximum atomic E-state index is 12.1. The summed E-state index contributed by atoms with van der Waals surface area (Å²) in [6.45, 7) is 1.72. The molecule has 0 fully saturated rings. The van der Waals surface area contributed by atoms with Crippen LogP contribution in [0.5, 0.6) is 11.5 Å². The van der Waals surface area contributed by atoms with Crippen molar-refractivity contribution in [1.29, 1.82) is 0 Å². The van der Waals surface area contributed by atoms with Crippen LogP contribution in [0.2, 0.25) is 0 Å². The van der Waals surface area contributed by atoms with E-state index in [1.54, 1.807) is 13.0 Å². The first kappa shape index (κ1) is 18.9. The summed E-state index contributed by atoms with van der Waals surface area (Å²) in [6, 6.07) is 9.60. The van der Waals surface area contributed by atoms with E-state index in [9.17, 15) is 19.7 Å². The fourth-order valence-electron chi connectivity index (χ4n) is 2.14. The first-order valence-electron chi connectivity index (χ1n) is 7.72. The minimum Gasteiger partial charge on any atom is -0.493 e. The number of hydrogen-bond donors (Lipinski definition) is 0. The Balaban J connectivity index is 2.02. The molecule has 0 aliphatic carbocycles. The van der Waals surface area contributed by atoms with E-state index < -0.39 is 23.3 Å². The highest BCUT2D eigenvalue weighted by Crippen LogP contribution is 2.28. The van der Waals surface area contributed by atoms with Gasteiger partial charge in [-0.3, -0.25) is 14.9 Å². The number of Topliss-reactive ketones (excluding diaryl/α,β-unsaturated/α-hetero) is 1. The molecule has 0 saturated carbocycles. The monoisotopic (exact) mass is 359 g/mol. The van der Waals surface area contributed by atoms with Gasteiger partial charge in [0.2, 0.25) is 0 Å². The van der Waals surface area contributed by atoms with Gasteiger partial charge in [0.15, 0.2) is 23.9 Å². The van der Waals surface area contributed by atoms with Gasteiger partial charge in [-0.15, -0.1) is 0 Å². The summed E-state index contributed by atoms with van der Waals surface area (Å²) in [5.74, 6) is -0.285. The average molecular weight is 359 g/mol. The van der Waals surface area contributed by atoms with Crippen molar-refractivity contribution >= 4 is 17.4 Å². The maximum absolute atomic E-state index is 12.1. The van der Waals surface area contributed by atoms with Gasteiger partial charge in [-0.05, 0) is 37.3 Å². The number of non-ortho nitro benzene ring substituents is 1. The number of methoxy groups -OCH3 is 1. The molecule has 0 spiro atoms. The van der Waals surface area contributed by atoms with Crippen molar-refractivity contribution in [2.75, 3.05) is 20.3 Å². The number of esters is 1. The summed E-state index contributed by atoms with van der Waals surface area (Å²) in [4.78, 5) is 34.2. The van der Waals surface area contributed by atoms with E-state index in [2.05, 4.69) is 0 Å². The molecule has 0 aliphatic rings. The number of benzene rings is 2. The van der Waals surface area contributed by atoms with Crippen molar-refractivity contribution in [3.63, 3.8) is 0 Å². The molecule has 136 valence electrons. The first-order chi connectivity index (χ1) is 12.5. The summed E-state index contributed by atoms with van der Waals surface area (Å²) in [5.41, 5.74) is 0.305. The summed E-state index contributed by atoms with van der Waals surface area (Å²) in [5, 5.41) is 10.6. The molecule has 2 rings (SSSR count). The highest BCUT2D eigenvalue weighted by molar-refractivity contribution is 5.99. The molecule has 2 aromatic carbocycles. The Morgan fingerprint density at radius 1 is 1.04 bits per heavy atom. The highest BCUT2D eigenvalue weighted by atomic mass is 16.6. The van der Waals surface area contributed by atoms with Crippen LogP contribution in [0.4, 0.5) is 5.69 Å². The fourth-order valence-corrected chi connectivity index (χ4v) is 2.14. The van der Waals surface area contributed by atoms with Crippen LogP contribution in [0.25, 0.3) is 0 Å². The van der Waals surface area contributed by atoms with Gasteiger partial charge in [-0.25, -0.2) is 4.79 Å². The molecule has 0 aliphatic heterocycles. The van der Waals surface area contributed by atoms with Crippen LogP contribution in [0.1, 0.15) is 27.6 Å². The van der Waals surface area contributed by atoms with Gasteiger partial charge in [0.1, 0.15) is 0 Å². The molecule has 2 aromatic rings. The number of hydrogen-bond acceptors (Lipinski definition) is 7. The molecule has 0 atom stereocenters. The molecule has 0 aromatic heterocycles. The Bertz CT molecular complexity index is 815. The second-order valence-corrected chi connectivity index (χ2v) is 5.10. The summed E-state index contributed by atoms with van der Waals surface area (Å²) < 4.78 is 15.5. The van der Waals surface area contributed by atoms with Crippen LogP contribution in [0.15, 0.2) is 42.5 Å². The van der Waals surface area contributed by atoms with Gasteiger partial charge in [0, 0.05) is 17.7 Å². The van der Waals surface area contributed by atoms with E-state index in [0.29, 0.717) is 18.1 Å². The molecule has 0 bridgehead atoms. The van der Waals surface area contributed by atoms with Gasteiger partial charge in [-0.2, -0.15) is 0 Å². The Labute approximate surface area is 149 Å². The zero-order chi connectivity index (χ0) is 19.1. The van der Waals surface area contributed by atoms with Crippen molar-refractivity contribution in [2.24, 2.45) is 0 Å². The predicted octanol–water partition coefficient (Wildman–Crippen LogP) is 3.04. The third-order valence-corrected chi connectivity index (χ3v) is 3.43. The molecule has 8 nitrogen and oxygen atoms in total. The van der Waals surface area contributed by atoms with Gasteiger partial charge in [-0.1, -0.05) is 0 Å². The van der Waals surface area contributed by atoms with Crippen LogP contribution in [0, 0.1) is 10.1 Å². The molecule has 0 radical (unpaired) electrons. The summed E-state index contributed by atoms with van der Waals surface area (Å²) in [6.07, 6.45) is 0. The fraction of sp³-hybridized carbons (Fsp3) is 0.222. The Hall–Kier alpha value is -3.42. The number of carbonyl (C=O) groups is 2. The van der Waals surface area contributed by atoms with Gasteiger partial charge >= 0.3 is 5.97 Å². The summed E-state index contributed by atoms with van der Waals surface area (Å²) in [7, 11) is 1.48. The number of nitro groups is 1. The highest BCUT2D eigenvalue weighted by Gasteiger charge is 2.15. The SMILES string of the molecule is CCOc1cc(C(=O)OCC(=O)c2ccc([N+](=O)[O-])cc2)ccc1OC. The molecule has 8 heteroatoms. The lowest BCUT2D eigenvalue weighted by Gasteiger charge is -2.11. The van der Waals surface area contributed by atoms with E-state index in [4.69, 9.17) is 14.2 Å². The van der Waals surface area contributed by atoms with Crippen molar-refractivity contribution in [3.8, 4) is 11.5 Å². The molecular weight excluding hydrogens is 342 g/mol. The first-order valence-corrected chi connectivity index (χ1v) is 7.72. The topological polar surface area (TPSA) is 105 Å². The quantitative estimate of drug-likeness (QED) is 0.309. The number of nitrogens with zero attached hydrogens (tertiary/aromatic N) is 1. The molecule has 0 saturated heterocycles. The van der Waals surface area contributed by atoms with Gasteiger partial charge < -0.3 is 14.2 Å². The molecule has 26 heavy (non-hydrogen) atoms. The lowest BCUT2D eigenvalue weighted by Crippen LogP contribution is -2.14. The van der Waals surface area contributed by atoms with E-state index >= 15 is 0 Å². The molecule has 0 unspecified atom stereocenters. The minimum absolute atomic E-state index is 0.125. The zero-order valence-electron chi connectivity index (χ0n) is 14.3. The minimum atomic E-state index is -0.691. The lowest BCUT2D eigenvalue weighted by atomic mass is 10.1. The van der Waals surface area contributed by atoms with Crippen LogP contribution in [0.3, 0.4) is 0 Å². The third kappa shape index (κ3) is 4.56. The largest absolute Gasteiger partial charge is 0.493 e. The number of nitro benzene ring substituents is 1. The number of carbonyl (C=O) groups excluding carboxylic acids is 2. The van der Waals surface area contributed by atoms with Crippen LogP contribution in [-0.4, -0.2) is 37.0 Å². The Morgan fingerprint density at radius 3 is 2.27 bits per heavy atom. The summed E-state index contributed by atoms with van der Waals surface area (Å²) >= 11 is 0. The van der Waals surface area contributed by atoms with Crippen LogP contribution >= 0.6 is 0 Å². The number of ketones is 1. The van der Waals surface area contributed by atoms with E-state index in [-0.39, 0.29) is 16.8 Å². The van der Waals surface area contributed by atoms with E-state index in [0.717, 1.165) is 0 Å². The standard InChI is InChI=1S/C18H17NO7/c1-3-25-17-10-13(6-9-16(17)24-2)18(21)26-11-15(20)12-4-7-14(8-5-12)19(22)23/h4-10H,3,11H2,1-2H3. The van der Waals surface area contributed by atoms with Crippen molar-refractivity contribution < 1.29 is 28.7 Å². The zero-order valence-corrected chi connectivity index (χ0v) is 14.3. The van der Waals surface area contributed by atoms with Crippen molar-refractivity contribution in [2.45, 2.75) is 6.92 Å². The Kier molecular flexibility index (Phi) is 6.26. The van der Waals surface area contributed by atoms with E-state index in [1.807, 2.05) is 0 Å². The third-order valence-electron chi connectivity index (χ3n) is 3.43. The molecule has 0 amide bonds. The number of ether oxygens (including phenoxy) is 3. The van der Waals surface area contributed by atoms with Crippen molar-refractivity contribution in [1.82, 2.24) is 0 Å². The Morgan fingerprint density at radius 2 is 1.69 bits per heavy atom. The maximum Gasteiger partial charge on any atom is 0.338 e. The van der Waals surface area contributed by atoms with Crippen LogP contribution < -0.4 is 9.47 Å². The molecular formula is C18H17NO7. The van der Waals surface area contributed by atoms with Gasteiger partial charge in [0.25, 0.3) is 5.69 Å². The number of rotatable bonds is 8. The van der Waals surface area contributed by atoms with E-state index in [1.165, 1.54) is 43.5 Å². The molecule has 0 heterocycles. The normalized spacial score (nSPS) is 10.1. The lowest BCUT2D eigenvalue weighted by molar-refractivity contribution is -0.384. The second kappa shape index (κ2) is 8.61. The predicted molar refractivity (Wildman–Crippen MR) is 91.9 cm³/mol. The van der Waals surface area contributed by atoms with Crippen molar-refractivity contribution in [3.05, 3.63) is 63.7 Å². The smallest absolute Gasteiger partial charge is 0.338 e. The second-order valence-electron chi connectivity index (χ2n) is 5.10. The molecule has 0 N–H and O–H groups in total. The average Bonchev–Trinajstić information content (AvgIpc) is 2.66.